The average molecular weight is 987 g/mol. The fourth-order valence-corrected chi connectivity index (χ4v) is 16.6. The van der Waals surface area contributed by atoms with Gasteiger partial charge in [-0.25, -0.2) is 0 Å². The summed E-state index contributed by atoms with van der Waals surface area (Å²) in [6.45, 7) is 34.9. The molecule has 0 N–H and O–H groups in total. The quantitative estimate of drug-likeness (QED) is 0.165. The maximum absolute atomic E-state index is 7.83. The van der Waals surface area contributed by atoms with E-state index in [4.69, 9.17) is 4.42 Å². The molecule has 3 atom stereocenters. The molecule has 14 rings (SSSR count). The molecule has 5 aromatic carbocycles. The van der Waals surface area contributed by atoms with Crippen molar-refractivity contribution in [3.63, 3.8) is 0 Å². The van der Waals surface area contributed by atoms with E-state index in [0.717, 1.165) is 30.7 Å². The van der Waals surface area contributed by atoms with Gasteiger partial charge in [-0.15, -0.1) is 0 Å². The van der Waals surface area contributed by atoms with Crippen LogP contribution in [0, 0.1) is 22.7 Å². The first kappa shape index (κ1) is 47.7. The lowest BCUT2D eigenvalue weighted by Crippen LogP contribution is -2.62. The molecule has 0 radical (unpaired) electrons. The lowest BCUT2D eigenvalue weighted by Gasteiger charge is -2.53. The summed E-state index contributed by atoms with van der Waals surface area (Å²) in [4.78, 5) is 5.54. The second-order valence-corrected chi connectivity index (χ2v) is 29.3. The van der Waals surface area contributed by atoms with Crippen LogP contribution < -0.4 is 20.7 Å². The van der Waals surface area contributed by atoms with E-state index >= 15 is 0 Å². The van der Waals surface area contributed by atoms with E-state index in [0.29, 0.717) is 11.8 Å². The topological polar surface area (TPSA) is 19.6 Å². The minimum absolute atomic E-state index is 0.00967. The van der Waals surface area contributed by atoms with Crippen LogP contribution in [0.25, 0.3) is 27.7 Å². The van der Waals surface area contributed by atoms with E-state index in [1.807, 2.05) is 0 Å². The number of fused-ring (bicyclic) bond motifs is 12. The van der Waals surface area contributed by atoms with Gasteiger partial charge in [-0.05, 0) is 187 Å². The molecule has 2 aliphatic heterocycles. The lowest BCUT2D eigenvalue weighted by molar-refractivity contribution is 0.0325. The fourth-order valence-electron chi connectivity index (χ4n) is 16.6. The van der Waals surface area contributed by atoms with Crippen LogP contribution in [0.2, 0.25) is 0 Å². The molecular weight excluding hydrogens is 908 g/mol. The normalized spacial score (nSPS) is 25.9. The number of nitrogens with zero attached hydrogens (tertiary/aromatic N) is 2. The van der Waals surface area contributed by atoms with Crippen molar-refractivity contribution in [1.82, 2.24) is 0 Å². The Kier molecular flexibility index (Phi) is 9.71. The maximum Gasteiger partial charge on any atom is 0.252 e. The number of rotatable bonds is 3. The smallest absolute Gasteiger partial charge is 0.252 e. The van der Waals surface area contributed by atoms with Gasteiger partial charge in [0.05, 0.1) is 11.7 Å². The molecule has 75 heavy (non-hydrogen) atoms. The van der Waals surface area contributed by atoms with E-state index in [1.54, 1.807) is 0 Å². The number of anilines is 3. The zero-order chi connectivity index (χ0) is 52.3. The highest BCUT2D eigenvalue weighted by Crippen LogP contribution is 2.60. The van der Waals surface area contributed by atoms with E-state index < -0.39 is 0 Å². The predicted octanol–water partition coefficient (Wildman–Crippen LogP) is 17.2. The van der Waals surface area contributed by atoms with Gasteiger partial charge < -0.3 is 14.2 Å². The van der Waals surface area contributed by atoms with Gasteiger partial charge in [0.2, 0.25) is 0 Å². The molecule has 1 fully saturated rings. The zero-order valence-electron chi connectivity index (χ0n) is 47.6. The first-order valence-corrected chi connectivity index (χ1v) is 28.9. The monoisotopic (exact) mass is 987 g/mol. The minimum atomic E-state index is -0.143. The largest absolute Gasteiger partial charge is 0.441 e. The number of furan rings is 1. The number of hydrogen-bond donors (Lipinski definition) is 0. The van der Waals surface area contributed by atoms with Crippen molar-refractivity contribution >= 4 is 51.4 Å². The third kappa shape index (κ3) is 6.59. The van der Waals surface area contributed by atoms with Crippen molar-refractivity contribution in [3.05, 3.63) is 177 Å². The molecule has 0 bridgehead atoms. The molecule has 1 aromatic heterocycles. The van der Waals surface area contributed by atoms with Crippen LogP contribution in [-0.4, -0.2) is 12.8 Å². The van der Waals surface area contributed by atoms with Crippen LogP contribution in [0.5, 0.6) is 0 Å². The van der Waals surface area contributed by atoms with Crippen molar-refractivity contribution in [3.8, 4) is 11.1 Å². The Morgan fingerprint density at radius 3 is 1.85 bits per heavy atom. The van der Waals surface area contributed by atoms with Gasteiger partial charge in [0, 0.05) is 38.9 Å². The summed E-state index contributed by atoms with van der Waals surface area (Å²) in [6, 6.07) is 38.4. The predicted molar refractivity (Wildman–Crippen MR) is 318 cm³/mol. The van der Waals surface area contributed by atoms with Crippen molar-refractivity contribution < 1.29 is 4.42 Å². The molecule has 1 saturated carbocycles. The Hall–Kier alpha value is -5.74. The van der Waals surface area contributed by atoms with Gasteiger partial charge in [0.1, 0.15) is 5.58 Å². The molecular formula is C71H79BN2O. The van der Waals surface area contributed by atoms with Crippen molar-refractivity contribution in [2.75, 3.05) is 9.80 Å². The number of hydrogen-bond acceptors (Lipinski definition) is 3. The summed E-state index contributed by atoms with van der Waals surface area (Å²) in [5.41, 5.74) is 25.1. The molecule has 4 heteroatoms. The third-order valence-corrected chi connectivity index (χ3v) is 21.7. The Balaban J connectivity index is 1.14. The van der Waals surface area contributed by atoms with E-state index in [-0.39, 0.29) is 50.7 Å². The Labute approximate surface area is 449 Å². The summed E-state index contributed by atoms with van der Waals surface area (Å²) < 4.78 is 7.83. The van der Waals surface area contributed by atoms with Gasteiger partial charge in [-0.1, -0.05) is 182 Å². The molecule has 3 nitrogen and oxygen atoms in total. The molecule has 382 valence electrons. The van der Waals surface area contributed by atoms with Crippen LogP contribution in [0.15, 0.2) is 143 Å². The summed E-state index contributed by atoms with van der Waals surface area (Å²) in [7, 11) is 0. The lowest BCUT2D eigenvalue weighted by atomic mass is 9.31. The second-order valence-electron chi connectivity index (χ2n) is 29.3. The molecule has 0 saturated heterocycles. The molecule has 0 amide bonds. The Morgan fingerprint density at radius 2 is 1.16 bits per heavy atom. The molecule has 6 aliphatic carbocycles. The Bertz CT molecular complexity index is 3600. The third-order valence-electron chi connectivity index (χ3n) is 21.7. The molecule has 8 aliphatic rings. The van der Waals surface area contributed by atoms with E-state index in [1.165, 1.54) is 126 Å². The number of allylic oxidation sites excluding steroid dienone is 4. The second kappa shape index (κ2) is 15.3. The van der Waals surface area contributed by atoms with Gasteiger partial charge in [0.15, 0.2) is 5.88 Å². The van der Waals surface area contributed by atoms with Crippen molar-refractivity contribution in [2.45, 2.75) is 175 Å². The molecule has 0 spiro atoms. The maximum atomic E-state index is 7.83. The highest BCUT2D eigenvalue weighted by atomic mass is 16.4. The summed E-state index contributed by atoms with van der Waals surface area (Å²) in [5, 5.41) is 1.29. The summed E-state index contributed by atoms with van der Waals surface area (Å²) in [6.07, 6.45) is 18.5. The first-order chi connectivity index (χ1) is 35.4. The minimum Gasteiger partial charge on any atom is -0.441 e. The van der Waals surface area contributed by atoms with Crippen LogP contribution in [0.3, 0.4) is 0 Å². The summed E-state index contributed by atoms with van der Waals surface area (Å²) in [5.74, 6) is 1.92. The Morgan fingerprint density at radius 1 is 0.560 bits per heavy atom. The highest BCUT2D eigenvalue weighted by molar-refractivity contribution is 6.95. The molecule has 3 unspecified atom stereocenters. The SMILES string of the molecule is CC1(C)CCC(C)(C)c2cc3c(cc21)B1C2=C(C=C(c4ccccc4)CC2N(C2=CC4C(C=C2)C(C)(C)CCC4(C)C)c2oc4cc5c(cc4c21)C(C)(C)CCC5(C)C)N3c1cccc2c1-c1ccccc1C2(C)C. The highest BCUT2D eigenvalue weighted by Gasteiger charge is 2.55. The summed E-state index contributed by atoms with van der Waals surface area (Å²) >= 11 is 0. The fraction of sp³-hybridized carbons (Fsp3) is 0.437. The number of benzene rings is 5. The molecule has 3 heterocycles. The van der Waals surface area contributed by atoms with Crippen LogP contribution in [-0.2, 0) is 27.1 Å². The van der Waals surface area contributed by atoms with Gasteiger partial charge in [-0.2, -0.15) is 0 Å². The molecule has 6 aromatic rings. The van der Waals surface area contributed by atoms with Crippen molar-refractivity contribution in [1.29, 1.82) is 0 Å². The van der Waals surface area contributed by atoms with Crippen molar-refractivity contribution in [2.24, 2.45) is 22.7 Å². The van der Waals surface area contributed by atoms with E-state index in [2.05, 4.69) is 228 Å². The van der Waals surface area contributed by atoms with Crippen LogP contribution in [0.4, 0.5) is 17.3 Å². The van der Waals surface area contributed by atoms with Crippen LogP contribution in [0.1, 0.15) is 181 Å². The average Bonchev–Trinajstić information content (AvgIpc) is 3.86. The zero-order valence-corrected chi connectivity index (χ0v) is 47.6. The standard InChI is InChI=1S/C71H79BN2O/c1-65(2)29-30-66(3,4)50-37-44(27-28-48(50)65)73-58-35-43(42-21-16-15-17-22-42)36-59-63(58)72(62-46-38-51-54(41-60(46)75-64(62)73)70(11,12)34-31-67(51,5)6)55-39-52-53(69(9,10)33-32-68(52,7)8)40-57(55)74(59)56-26-20-25-49-61(56)45-23-18-19-24-47(45)71(49,13)14/h15-28,36-41,48,50,58H,29-35H2,1-14H3. The van der Waals surface area contributed by atoms with Gasteiger partial charge in [-0.3, -0.25) is 0 Å². The van der Waals surface area contributed by atoms with Gasteiger partial charge >= 0.3 is 0 Å². The first-order valence-electron chi connectivity index (χ1n) is 28.9. The van der Waals surface area contributed by atoms with E-state index in [9.17, 15) is 0 Å². The van der Waals surface area contributed by atoms with Crippen LogP contribution >= 0.6 is 0 Å². The van der Waals surface area contributed by atoms with Gasteiger partial charge in [0.25, 0.3) is 6.71 Å².